The minimum absolute atomic E-state index is 0.0366. The average molecular weight is 353 g/mol. The summed E-state index contributed by atoms with van der Waals surface area (Å²) < 4.78 is 13.4. The molecular formula is C14H10BrFN2O3. The van der Waals surface area contributed by atoms with Crippen molar-refractivity contribution in [1.82, 2.24) is 4.98 Å². The summed E-state index contributed by atoms with van der Waals surface area (Å²) in [6.45, 7) is 1.51. The minimum Gasteiger partial charge on any atom is -0.478 e. The van der Waals surface area contributed by atoms with E-state index < -0.39 is 17.7 Å². The maximum atomic E-state index is 13.0. The molecule has 5 nitrogen and oxygen atoms in total. The molecule has 2 rings (SSSR count). The molecular weight excluding hydrogens is 343 g/mol. The third-order valence-corrected chi connectivity index (χ3v) is 3.38. The lowest BCUT2D eigenvalue weighted by Gasteiger charge is -2.08. The van der Waals surface area contributed by atoms with Gasteiger partial charge in [-0.3, -0.25) is 4.79 Å². The highest BCUT2D eigenvalue weighted by Gasteiger charge is 2.14. The molecule has 0 saturated carbocycles. The largest absolute Gasteiger partial charge is 0.478 e. The number of carboxylic acid groups (broad SMARTS) is 1. The Kier molecular flexibility index (Phi) is 4.32. The lowest BCUT2D eigenvalue weighted by Crippen LogP contribution is -2.15. The van der Waals surface area contributed by atoms with Gasteiger partial charge in [0.05, 0.1) is 16.9 Å². The molecule has 0 aliphatic heterocycles. The van der Waals surface area contributed by atoms with Crippen molar-refractivity contribution in [2.75, 3.05) is 5.32 Å². The maximum absolute atomic E-state index is 13.0. The molecule has 0 spiro atoms. The first-order chi connectivity index (χ1) is 9.88. The van der Waals surface area contributed by atoms with Gasteiger partial charge in [-0.2, -0.15) is 0 Å². The number of nitrogens with zero attached hydrogens (tertiary/aromatic N) is 1. The third-order valence-electron chi connectivity index (χ3n) is 2.73. The van der Waals surface area contributed by atoms with Crippen molar-refractivity contribution in [2.24, 2.45) is 0 Å². The molecule has 7 heteroatoms. The fourth-order valence-corrected chi connectivity index (χ4v) is 2.14. The molecule has 0 bridgehead atoms. The number of rotatable bonds is 3. The molecule has 1 aromatic carbocycles. The number of nitrogens with one attached hydrogen (secondary N) is 1. The lowest BCUT2D eigenvalue weighted by atomic mass is 10.2. The molecule has 21 heavy (non-hydrogen) atoms. The molecule has 1 heterocycles. The Balaban J connectivity index is 2.24. The van der Waals surface area contributed by atoms with Gasteiger partial charge in [-0.1, -0.05) is 0 Å². The molecule has 0 radical (unpaired) electrons. The number of carbonyl (C=O) groups excluding carboxylic acids is 1. The molecule has 2 N–H and O–H groups in total. The highest BCUT2D eigenvalue weighted by atomic mass is 79.9. The number of amides is 1. The van der Waals surface area contributed by atoms with Gasteiger partial charge in [0.25, 0.3) is 5.91 Å². The molecule has 0 aliphatic rings. The highest BCUT2D eigenvalue weighted by molar-refractivity contribution is 9.10. The van der Waals surface area contributed by atoms with Crippen LogP contribution in [0.2, 0.25) is 0 Å². The number of hydrogen-bond acceptors (Lipinski definition) is 3. The zero-order chi connectivity index (χ0) is 15.6. The van der Waals surface area contributed by atoms with Crippen molar-refractivity contribution < 1.29 is 19.1 Å². The zero-order valence-electron chi connectivity index (χ0n) is 10.9. The quantitative estimate of drug-likeness (QED) is 0.888. The first-order valence-electron chi connectivity index (χ1n) is 5.86. The summed E-state index contributed by atoms with van der Waals surface area (Å²) in [4.78, 5) is 26.9. The van der Waals surface area contributed by atoms with Crippen LogP contribution < -0.4 is 5.32 Å². The summed E-state index contributed by atoms with van der Waals surface area (Å²) in [5.74, 6) is -2.05. The van der Waals surface area contributed by atoms with E-state index in [1.807, 2.05) is 0 Å². The van der Waals surface area contributed by atoms with Crippen molar-refractivity contribution in [3.63, 3.8) is 0 Å². The van der Waals surface area contributed by atoms with Gasteiger partial charge >= 0.3 is 5.97 Å². The highest BCUT2D eigenvalue weighted by Crippen LogP contribution is 2.23. The number of aromatic carboxylic acids is 1. The second-order valence-electron chi connectivity index (χ2n) is 4.21. The van der Waals surface area contributed by atoms with Crippen molar-refractivity contribution in [3.05, 3.63) is 57.6 Å². The Morgan fingerprint density at radius 3 is 2.57 bits per heavy atom. The molecule has 0 saturated heterocycles. The predicted octanol–water partition coefficient (Wildman–Crippen LogP) is 3.24. The SMILES string of the molecule is Cc1nc(C(=O)Nc2ccc(F)cc2Br)ccc1C(=O)O. The number of hydrogen-bond donors (Lipinski definition) is 2. The molecule has 108 valence electrons. The molecule has 0 fully saturated rings. The van der Waals surface area contributed by atoms with Gasteiger partial charge in [0.15, 0.2) is 0 Å². The van der Waals surface area contributed by atoms with Crippen LogP contribution in [0, 0.1) is 12.7 Å². The van der Waals surface area contributed by atoms with E-state index in [0.717, 1.165) is 0 Å². The molecule has 2 aromatic rings. The minimum atomic E-state index is -1.10. The molecule has 1 amide bonds. The number of carbonyl (C=O) groups is 2. The van der Waals surface area contributed by atoms with Crippen LogP contribution in [0.15, 0.2) is 34.8 Å². The number of benzene rings is 1. The van der Waals surface area contributed by atoms with Crippen LogP contribution >= 0.6 is 15.9 Å². The summed E-state index contributed by atoms with van der Waals surface area (Å²) in [6, 6.07) is 6.49. The summed E-state index contributed by atoms with van der Waals surface area (Å²) in [7, 11) is 0. The summed E-state index contributed by atoms with van der Waals surface area (Å²) in [5.41, 5.74) is 0.750. The van der Waals surface area contributed by atoms with Crippen LogP contribution in [0.3, 0.4) is 0 Å². The van der Waals surface area contributed by atoms with Gasteiger partial charge in [0.2, 0.25) is 0 Å². The summed E-state index contributed by atoms with van der Waals surface area (Å²) in [5, 5.41) is 11.5. The Hall–Kier alpha value is -2.28. The van der Waals surface area contributed by atoms with E-state index in [-0.39, 0.29) is 17.0 Å². The van der Waals surface area contributed by atoms with Gasteiger partial charge in [0, 0.05) is 4.47 Å². The van der Waals surface area contributed by atoms with Gasteiger partial charge in [-0.15, -0.1) is 0 Å². The van der Waals surface area contributed by atoms with Crippen LogP contribution in [-0.4, -0.2) is 22.0 Å². The second-order valence-corrected chi connectivity index (χ2v) is 5.07. The van der Waals surface area contributed by atoms with Gasteiger partial charge < -0.3 is 10.4 Å². The number of anilines is 1. The molecule has 0 aliphatic carbocycles. The fraction of sp³-hybridized carbons (Fsp3) is 0.0714. The average Bonchev–Trinajstić information content (AvgIpc) is 2.41. The zero-order valence-corrected chi connectivity index (χ0v) is 12.4. The van der Waals surface area contributed by atoms with Crippen molar-refractivity contribution in [2.45, 2.75) is 6.92 Å². The van der Waals surface area contributed by atoms with E-state index in [1.54, 1.807) is 0 Å². The normalized spacial score (nSPS) is 10.2. The number of carboxylic acids is 1. The van der Waals surface area contributed by atoms with E-state index in [1.165, 1.54) is 37.3 Å². The Morgan fingerprint density at radius 2 is 2.00 bits per heavy atom. The van der Waals surface area contributed by atoms with Crippen LogP contribution in [0.1, 0.15) is 26.5 Å². The van der Waals surface area contributed by atoms with Crippen molar-refractivity contribution in [3.8, 4) is 0 Å². The van der Waals surface area contributed by atoms with Gasteiger partial charge in [0.1, 0.15) is 11.5 Å². The van der Waals surface area contributed by atoms with Crippen LogP contribution in [-0.2, 0) is 0 Å². The molecule has 0 unspecified atom stereocenters. The smallest absolute Gasteiger partial charge is 0.337 e. The Bertz CT molecular complexity index is 734. The van der Waals surface area contributed by atoms with E-state index in [4.69, 9.17) is 5.11 Å². The van der Waals surface area contributed by atoms with E-state index in [9.17, 15) is 14.0 Å². The third kappa shape index (κ3) is 3.43. The van der Waals surface area contributed by atoms with Crippen LogP contribution in [0.4, 0.5) is 10.1 Å². The monoisotopic (exact) mass is 352 g/mol. The topological polar surface area (TPSA) is 79.3 Å². The Morgan fingerprint density at radius 1 is 1.29 bits per heavy atom. The van der Waals surface area contributed by atoms with E-state index in [2.05, 4.69) is 26.2 Å². The maximum Gasteiger partial charge on any atom is 0.337 e. The number of aryl methyl sites for hydroxylation is 1. The van der Waals surface area contributed by atoms with E-state index >= 15 is 0 Å². The number of pyridine rings is 1. The summed E-state index contributed by atoms with van der Waals surface area (Å²) >= 11 is 3.14. The molecule has 1 aromatic heterocycles. The van der Waals surface area contributed by atoms with Crippen LogP contribution in [0.25, 0.3) is 0 Å². The van der Waals surface area contributed by atoms with Crippen LogP contribution in [0.5, 0.6) is 0 Å². The second kappa shape index (κ2) is 6.01. The number of halogens is 2. The predicted molar refractivity (Wildman–Crippen MR) is 78.0 cm³/mol. The standard InChI is InChI=1S/C14H10BrFN2O3/c1-7-9(14(20)21)3-5-12(17-7)13(19)18-11-4-2-8(16)6-10(11)15/h2-6H,1H3,(H,18,19)(H,20,21). The first-order valence-corrected chi connectivity index (χ1v) is 6.65. The first kappa shape index (κ1) is 15.1. The number of aromatic nitrogens is 1. The Labute approximate surface area is 128 Å². The van der Waals surface area contributed by atoms with Crippen molar-refractivity contribution in [1.29, 1.82) is 0 Å². The van der Waals surface area contributed by atoms with Gasteiger partial charge in [-0.05, 0) is 53.2 Å². The van der Waals surface area contributed by atoms with Crippen molar-refractivity contribution >= 4 is 33.5 Å². The molecule has 0 atom stereocenters. The lowest BCUT2D eigenvalue weighted by molar-refractivity contribution is 0.0695. The van der Waals surface area contributed by atoms with Gasteiger partial charge in [-0.25, -0.2) is 14.2 Å². The summed E-state index contributed by atoms with van der Waals surface area (Å²) in [6.07, 6.45) is 0. The van der Waals surface area contributed by atoms with E-state index in [0.29, 0.717) is 10.2 Å². The fourth-order valence-electron chi connectivity index (χ4n) is 1.69.